The molecule has 0 saturated heterocycles. The normalized spacial score (nSPS) is 11.4. The number of pyridine rings is 1. The van der Waals surface area contributed by atoms with Gasteiger partial charge >= 0.3 is 6.18 Å². The van der Waals surface area contributed by atoms with Crippen LogP contribution in [-0.4, -0.2) is 11.0 Å². The highest BCUT2D eigenvalue weighted by molar-refractivity contribution is 6.30. The summed E-state index contributed by atoms with van der Waals surface area (Å²) in [6, 6.07) is 0.380. The van der Waals surface area contributed by atoms with Crippen molar-refractivity contribution in [2.75, 3.05) is 0 Å². The third-order valence-corrected chi connectivity index (χ3v) is 1.68. The first-order valence-corrected chi connectivity index (χ1v) is 3.64. The Morgan fingerprint density at radius 3 is 2.50 bits per heavy atom. The fourth-order valence-corrected chi connectivity index (χ4v) is 0.969. The average Bonchev–Trinajstić information content (AvgIpc) is 2.02. The molecule has 0 aliphatic rings. The van der Waals surface area contributed by atoms with Crippen molar-refractivity contribution < 1.29 is 23.1 Å². The Hall–Kier alpha value is -1.30. The predicted molar refractivity (Wildman–Crippen MR) is 38.6 cm³/mol. The molecule has 0 bridgehead atoms. The van der Waals surface area contributed by atoms with Gasteiger partial charge in [-0.25, -0.2) is 4.98 Å². The Morgan fingerprint density at radius 1 is 1.50 bits per heavy atom. The molecule has 0 aromatic carbocycles. The average molecular weight is 225 g/mol. The highest BCUT2D eigenvalue weighted by Crippen LogP contribution is 2.33. The van der Waals surface area contributed by atoms with Gasteiger partial charge in [0, 0.05) is 11.8 Å². The van der Waals surface area contributed by atoms with E-state index in [0.29, 0.717) is 12.3 Å². The lowest BCUT2D eigenvalue weighted by atomic mass is 10.2. The standard InChI is InChI=1S/C7H3ClF3NO2/c8-5-4(7(9,10)11)1-3(2-12-5)6(13)14/h1-2H,(H,13,14)/p-1. The zero-order valence-corrected chi connectivity index (χ0v) is 7.19. The van der Waals surface area contributed by atoms with E-state index < -0.39 is 28.4 Å². The van der Waals surface area contributed by atoms with Crippen molar-refractivity contribution in [3.8, 4) is 0 Å². The molecule has 0 aliphatic carbocycles. The molecule has 7 heteroatoms. The Morgan fingerprint density at radius 2 is 2.07 bits per heavy atom. The molecule has 0 saturated carbocycles. The quantitative estimate of drug-likeness (QED) is 0.672. The topological polar surface area (TPSA) is 53.0 Å². The van der Waals surface area contributed by atoms with E-state index in [9.17, 15) is 23.1 Å². The molecule has 1 aromatic rings. The van der Waals surface area contributed by atoms with Crippen molar-refractivity contribution in [2.45, 2.75) is 6.18 Å². The van der Waals surface area contributed by atoms with E-state index in [1.807, 2.05) is 0 Å². The van der Waals surface area contributed by atoms with E-state index in [1.54, 1.807) is 0 Å². The molecule has 0 aliphatic heterocycles. The summed E-state index contributed by atoms with van der Waals surface area (Å²) in [6.45, 7) is 0. The Balaban J connectivity index is 3.29. The molecule has 0 atom stereocenters. The molecule has 3 nitrogen and oxygen atoms in total. The minimum Gasteiger partial charge on any atom is -0.545 e. The monoisotopic (exact) mass is 224 g/mol. The predicted octanol–water partition coefficient (Wildman–Crippen LogP) is 1.12. The van der Waals surface area contributed by atoms with Crippen LogP contribution in [0.3, 0.4) is 0 Å². The summed E-state index contributed by atoms with van der Waals surface area (Å²) in [7, 11) is 0. The van der Waals surface area contributed by atoms with Gasteiger partial charge in [-0.1, -0.05) is 11.6 Å². The van der Waals surface area contributed by atoms with Crippen LogP contribution in [0.4, 0.5) is 13.2 Å². The largest absolute Gasteiger partial charge is 0.545 e. The van der Waals surface area contributed by atoms with Crippen molar-refractivity contribution in [3.05, 3.63) is 28.5 Å². The fraction of sp³-hybridized carbons (Fsp3) is 0.143. The van der Waals surface area contributed by atoms with Gasteiger partial charge in [-0.15, -0.1) is 0 Å². The minimum atomic E-state index is -4.73. The van der Waals surface area contributed by atoms with Gasteiger partial charge in [0.05, 0.1) is 11.5 Å². The third-order valence-electron chi connectivity index (χ3n) is 1.38. The van der Waals surface area contributed by atoms with Gasteiger partial charge in [-0.3, -0.25) is 0 Å². The van der Waals surface area contributed by atoms with E-state index in [-0.39, 0.29) is 0 Å². The van der Waals surface area contributed by atoms with Crippen molar-refractivity contribution in [2.24, 2.45) is 0 Å². The first kappa shape index (κ1) is 10.8. The molecule has 76 valence electrons. The van der Waals surface area contributed by atoms with Crippen LogP contribution in [0, 0.1) is 0 Å². The smallest absolute Gasteiger partial charge is 0.419 e. The first-order valence-electron chi connectivity index (χ1n) is 3.26. The molecule has 1 aromatic heterocycles. The number of alkyl halides is 3. The summed E-state index contributed by atoms with van der Waals surface area (Å²) in [4.78, 5) is 13.3. The molecular weight excluding hydrogens is 223 g/mol. The zero-order chi connectivity index (χ0) is 10.9. The summed E-state index contributed by atoms with van der Waals surface area (Å²) >= 11 is 5.14. The number of carboxylic acids is 1. The van der Waals surface area contributed by atoms with Crippen LogP contribution in [-0.2, 0) is 6.18 Å². The van der Waals surface area contributed by atoms with Crippen LogP contribution in [0.15, 0.2) is 12.3 Å². The maximum absolute atomic E-state index is 12.2. The number of halogens is 4. The number of aromatic carboxylic acids is 1. The van der Waals surface area contributed by atoms with Crippen LogP contribution in [0.1, 0.15) is 15.9 Å². The Bertz CT molecular complexity index is 378. The molecule has 0 spiro atoms. The van der Waals surface area contributed by atoms with Crippen LogP contribution in [0.25, 0.3) is 0 Å². The SMILES string of the molecule is O=C([O-])c1cnc(Cl)c(C(F)(F)F)c1. The molecule has 0 amide bonds. The Kier molecular flexibility index (Phi) is 2.66. The lowest BCUT2D eigenvalue weighted by Gasteiger charge is -2.10. The maximum atomic E-state index is 12.2. The van der Waals surface area contributed by atoms with Gasteiger partial charge in [0.15, 0.2) is 0 Å². The van der Waals surface area contributed by atoms with Crippen molar-refractivity contribution in [3.63, 3.8) is 0 Å². The Labute approximate surface area is 81.1 Å². The number of carbonyl (C=O) groups excluding carboxylic acids is 1. The summed E-state index contributed by atoms with van der Waals surface area (Å²) in [5, 5.41) is 9.44. The summed E-state index contributed by atoms with van der Waals surface area (Å²) in [5.74, 6) is -1.74. The third kappa shape index (κ3) is 2.14. The summed E-state index contributed by atoms with van der Waals surface area (Å²) in [5.41, 5.74) is -1.96. The van der Waals surface area contributed by atoms with Gasteiger partial charge in [-0.05, 0) is 6.07 Å². The van der Waals surface area contributed by atoms with Crippen LogP contribution in [0.2, 0.25) is 5.15 Å². The number of nitrogens with zero attached hydrogens (tertiary/aromatic N) is 1. The number of hydrogen-bond acceptors (Lipinski definition) is 3. The van der Waals surface area contributed by atoms with E-state index >= 15 is 0 Å². The number of rotatable bonds is 1. The van der Waals surface area contributed by atoms with E-state index in [1.165, 1.54) is 0 Å². The zero-order valence-electron chi connectivity index (χ0n) is 6.43. The van der Waals surface area contributed by atoms with Crippen molar-refractivity contribution in [1.82, 2.24) is 4.98 Å². The van der Waals surface area contributed by atoms with Crippen molar-refractivity contribution in [1.29, 1.82) is 0 Å². The highest BCUT2D eigenvalue weighted by atomic mass is 35.5. The van der Waals surface area contributed by atoms with Gasteiger partial charge in [0.25, 0.3) is 0 Å². The van der Waals surface area contributed by atoms with Crippen LogP contribution in [0.5, 0.6) is 0 Å². The number of hydrogen-bond donors (Lipinski definition) is 0. The van der Waals surface area contributed by atoms with Crippen molar-refractivity contribution >= 4 is 17.6 Å². The minimum absolute atomic E-state index is 0.380. The number of carbonyl (C=O) groups is 1. The lowest BCUT2D eigenvalue weighted by molar-refractivity contribution is -0.255. The highest BCUT2D eigenvalue weighted by Gasteiger charge is 2.34. The molecule has 0 radical (unpaired) electrons. The molecule has 1 heterocycles. The molecule has 14 heavy (non-hydrogen) atoms. The second kappa shape index (κ2) is 3.45. The second-order valence-corrected chi connectivity index (χ2v) is 2.71. The number of carboxylic acid groups (broad SMARTS) is 1. The summed E-state index contributed by atoms with van der Waals surface area (Å²) in [6.07, 6.45) is -4.03. The van der Waals surface area contributed by atoms with Gasteiger partial charge in [0.1, 0.15) is 5.15 Å². The summed E-state index contributed by atoms with van der Waals surface area (Å²) < 4.78 is 36.5. The van der Waals surface area contributed by atoms with E-state index in [0.717, 1.165) is 0 Å². The molecular formula is C7H2ClF3NO2-. The van der Waals surface area contributed by atoms with E-state index in [4.69, 9.17) is 11.6 Å². The number of aromatic nitrogens is 1. The fourth-order valence-electron chi connectivity index (χ4n) is 0.758. The second-order valence-electron chi connectivity index (χ2n) is 2.35. The van der Waals surface area contributed by atoms with Gasteiger partial charge in [-0.2, -0.15) is 13.2 Å². The van der Waals surface area contributed by atoms with Crippen LogP contribution >= 0.6 is 11.6 Å². The van der Waals surface area contributed by atoms with Crippen LogP contribution < -0.4 is 5.11 Å². The molecule has 0 fully saturated rings. The first-order chi connectivity index (χ1) is 6.32. The molecule has 0 unspecified atom stereocenters. The van der Waals surface area contributed by atoms with Gasteiger partial charge < -0.3 is 9.90 Å². The van der Waals surface area contributed by atoms with E-state index in [2.05, 4.69) is 4.98 Å². The lowest BCUT2D eigenvalue weighted by Crippen LogP contribution is -2.23. The molecule has 1 rings (SSSR count). The molecule has 0 N–H and O–H groups in total. The maximum Gasteiger partial charge on any atom is 0.419 e. The van der Waals surface area contributed by atoms with Gasteiger partial charge in [0.2, 0.25) is 0 Å².